The third kappa shape index (κ3) is 3.61. The maximum Gasteiger partial charge on any atom is 0.293 e. The van der Waals surface area contributed by atoms with Crippen LogP contribution in [0.25, 0.3) is 0 Å². The minimum atomic E-state index is -0.445. The molecular formula is C13H15N3O2S. The minimum absolute atomic E-state index is 0.0239. The Morgan fingerprint density at radius 1 is 1.47 bits per heavy atom. The first-order valence-corrected chi connectivity index (χ1v) is 7.36. The van der Waals surface area contributed by atoms with Crippen molar-refractivity contribution in [2.45, 2.75) is 12.8 Å². The summed E-state index contributed by atoms with van der Waals surface area (Å²) in [5.74, 6) is 2.92. The molecule has 5 nitrogen and oxygen atoms in total. The minimum Gasteiger partial charge on any atom is -0.379 e. The van der Waals surface area contributed by atoms with Gasteiger partial charge in [-0.05, 0) is 42.4 Å². The molecule has 1 aliphatic heterocycles. The molecule has 6 heteroatoms. The average Bonchev–Trinajstić information content (AvgIpc) is 2.46. The molecule has 0 spiro atoms. The highest BCUT2D eigenvalue weighted by Crippen LogP contribution is 2.27. The Morgan fingerprint density at radius 3 is 2.84 bits per heavy atom. The molecule has 2 rings (SSSR count). The molecule has 0 saturated carbocycles. The Kier molecular flexibility index (Phi) is 4.63. The van der Waals surface area contributed by atoms with Gasteiger partial charge in [-0.25, -0.2) is 0 Å². The van der Waals surface area contributed by atoms with Crippen molar-refractivity contribution < 1.29 is 4.92 Å². The average molecular weight is 277 g/mol. The smallest absolute Gasteiger partial charge is 0.293 e. The monoisotopic (exact) mass is 277 g/mol. The van der Waals surface area contributed by atoms with Crippen LogP contribution in [0.4, 0.5) is 11.4 Å². The molecule has 100 valence electrons. The van der Waals surface area contributed by atoms with E-state index in [1.165, 1.54) is 17.6 Å². The van der Waals surface area contributed by atoms with Gasteiger partial charge in [0.15, 0.2) is 0 Å². The van der Waals surface area contributed by atoms with Crippen LogP contribution in [-0.4, -0.2) is 23.0 Å². The summed E-state index contributed by atoms with van der Waals surface area (Å²) in [6.07, 6.45) is 2.31. The van der Waals surface area contributed by atoms with Gasteiger partial charge in [-0.3, -0.25) is 10.1 Å². The molecule has 1 aliphatic rings. The maximum atomic E-state index is 11.0. The normalized spacial score (nSPS) is 15.7. The standard InChI is InChI=1S/C13H15N3O2S/c14-8-11-1-2-12(13(7-11)16(17)18)15-9-10-3-5-19-6-4-10/h1-2,7,10,15H,3-6,9H2. The van der Waals surface area contributed by atoms with E-state index in [1.807, 2.05) is 17.8 Å². The number of nitrogens with one attached hydrogen (secondary N) is 1. The Bertz CT molecular complexity index is 507. The zero-order valence-electron chi connectivity index (χ0n) is 10.5. The highest BCUT2D eigenvalue weighted by molar-refractivity contribution is 7.99. The summed E-state index contributed by atoms with van der Waals surface area (Å²) in [6, 6.07) is 6.46. The third-order valence-corrected chi connectivity index (χ3v) is 4.29. The number of thioether (sulfide) groups is 1. The zero-order chi connectivity index (χ0) is 13.7. The van der Waals surface area contributed by atoms with Gasteiger partial charge in [-0.15, -0.1) is 0 Å². The van der Waals surface area contributed by atoms with Crippen molar-refractivity contribution in [3.63, 3.8) is 0 Å². The SMILES string of the molecule is N#Cc1ccc(NCC2CCSCC2)c([N+](=O)[O-])c1. The van der Waals surface area contributed by atoms with Crippen molar-refractivity contribution in [3.8, 4) is 6.07 Å². The molecule has 1 heterocycles. The number of benzene rings is 1. The molecule has 0 radical (unpaired) electrons. The molecule has 1 aromatic rings. The maximum absolute atomic E-state index is 11.0. The van der Waals surface area contributed by atoms with Crippen LogP contribution in [0.15, 0.2) is 18.2 Å². The number of hydrogen-bond donors (Lipinski definition) is 1. The summed E-state index contributed by atoms with van der Waals surface area (Å²) >= 11 is 1.96. The van der Waals surface area contributed by atoms with E-state index < -0.39 is 4.92 Å². The lowest BCUT2D eigenvalue weighted by atomic mass is 10.0. The molecule has 0 bridgehead atoms. The molecule has 1 aromatic carbocycles. The van der Waals surface area contributed by atoms with E-state index in [-0.39, 0.29) is 5.69 Å². The van der Waals surface area contributed by atoms with Gasteiger partial charge < -0.3 is 5.32 Å². The number of nitro benzene ring substituents is 1. The Balaban J connectivity index is 2.06. The highest BCUT2D eigenvalue weighted by Gasteiger charge is 2.17. The molecule has 0 unspecified atom stereocenters. The van der Waals surface area contributed by atoms with Gasteiger partial charge in [0.2, 0.25) is 0 Å². The van der Waals surface area contributed by atoms with E-state index in [0.29, 0.717) is 17.2 Å². The van der Waals surface area contributed by atoms with Crippen LogP contribution in [-0.2, 0) is 0 Å². The van der Waals surface area contributed by atoms with Crippen LogP contribution in [0, 0.1) is 27.4 Å². The predicted octanol–water partition coefficient (Wildman–Crippen LogP) is 3.02. The molecule has 0 aromatic heterocycles. The van der Waals surface area contributed by atoms with Crippen LogP contribution in [0.1, 0.15) is 18.4 Å². The van der Waals surface area contributed by atoms with Gasteiger partial charge >= 0.3 is 0 Å². The quantitative estimate of drug-likeness (QED) is 0.676. The second-order valence-electron chi connectivity index (χ2n) is 4.54. The number of nitrogens with zero attached hydrogens (tertiary/aromatic N) is 2. The van der Waals surface area contributed by atoms with Crippen LogP contribution < -0.4 is 5.32 Å². The number of anilines is 1. The van der Waals surface area contributed by atoms with Gasteiger partial charge in [0.25, 0.3) is 5.69 Å². The van der Waals surface area contributed by atoms with Crippen molar-refractivity contribution in [2.24, 2.45) is 5.92 Å². The zero-order valence-corrected chi connectivity index (χ0v) is 11.3. The van der Waals surface area contributed by atoms with Gasteiger partial charge in [0.05, 0.1) is 16.6 Å². The van der Waals surface area contributed by atoms with Crippen molar-refractivity contribution in [3.05, 3.63) is 33.9 Å². The number of nitriles is 1. The number of hydrogen-bond acceptors (Lipinski definition) is 5. The molecule has 0 aliphatic carbocycles. The fraction of sp³-hybridized carbons (Fsp3) is 0.462. The molecular weight excluding hydrogens is 262 g/mol. The lowest BCUT2D eigenvalue weighted by Gasteiger charge is -2.21. The first kappa shape index (κ1) is 13.7. The summed E-state index contributed by atoms with van der Waals surface area (Å²) in [5, 5.41) is 22.9. The second kappa shape index (κ2) is 6.43. The van der Waals surface area contributed by atoms with E-state index >= 15 is 0 Å². The van der Waals surface area contributed by atoms with Crippen LogP contribution in [0.3, 0.4) is 0 Å². The van der Waals surface area contributed by atoms with E-state index in [1.54, 1.807) is 12.1 Å². The summed E-state index contributed by atoms with van der Waals surface area (Å²) in [4.78, 5) is 10.5. The Morgan fingerprint density at radius 2 is 2.21 bits per heavy atom. The Labute approximate surface area is 116 Å². The topological polar surface area (TPSA) is 79.0 Å². The number of nitro groups is 1. The van der Waals surface area contributed by atoms with Crippen molar-refractivity contribution in [2.75, 3.05) is 23.4 Å². The largest absolute Gasteiger partial charge is 0.379 e. The lowest BCUT2D eigenvalue weighted by molar-refractivity contribution is -0.384. The summed E-state index contributed by atoms with van der Waals surface area (Å²) in [6.45, 7) is 0.757. The first-order chi connectivity index (χ1) is 9.20. The van der Waals surface area contributed by atoms with Gasteiger partial charge in [-0.1, -0.05) is 0 Å². The fourth-order valence-electron chi connectivity index (χ4n) is 2.11. The molecule has 1 saturated heterocycles. The number of rotatable bonds is 4. The summed E-state index contributed by atoms with van der Waals surface area (Å²) in [7, 11) is 0. The van der Waals surface area contributed by atoms with E-state index in [9.17, 15) is 10.1 Å². The first-order valence-electron chi connectivity index (χ1n) is 6.21. The molecule has 1 fully saturated rings. The molecule has 0 atom stereocenters. The van der Waals surface area contributed by atoms with E-state index in [4.69, 9.17) is 5.26 Å². The molecule has 1 N–H and O–H groups in total. The Hall–Kier alpha value is -1.74. The van der Waals surface area contributed by atoms with Gasteiger partial charge in [-0.2, -0.15) is 17.0 Å². The second-order valence-corrected chi connectivity index (χ2v) is 5.76. The molecule has 0 amide bonds. The fourth-order valence-corrected chi connectivity index (χ4v) is 3.31. The summed E-state index contributed by atoms with van der Waals surface area (Å²) in [5.41, 5.74) is 0.790. The lowest BCUT2D eigenvalue weighted by Crippen LogP contribution is -2.19. The predicted molar refractivity (Wildman–Crippen MR) is 76.4 cm³/mol. The van der Waals surface area contributed by atoms with Crippen LogP contribution >= 0.6 is 11.8 Å². The van der Waals surface area contributed by atoms with Crippen molar-refractivity contribution in [1.29, 1.82) is 5.26 Å². The highest BCUT2D eigenvalue weighted by atomic mass is 32.2. The van der Waals surface area contributed by atoms with Gasteiger partial charge in [0.1, 0.15) is 5.69 Å². The van der Waals surface area contributed by atoms with Crippen LogP contribution in [0.2, 0.25) is 0 Å². The van der Waals surface area contributed by atoms with E-state index in [2.05, 4.69) is 5.32 Å². The van der Waals surface area contributed by atoms with Crippen molar-refractivity contribution >= 4 is 23.1 Å². The van der Waals surface area contributed by atoms with Crippen LogP contribution in [0.5, 0.6) is 0 Å². The van der Waals surface area contributed by atoms with Gasteiger partial charge in [0, 0.05) is 12.6 Å². The van der Waals surface area contributed by atoms with E-state index in [0.717, 1.165) is 19.4 Å². The molecule has 19 heavy (non-hydrogen) atoms. The van der Waals surface area contributed by atoms with Crippen molar-refractivity contribution in [1.82, 2.24) is 0 Å². The summed E-state index contributed by atoms with van der Waals surface area (Å²) < 4.78 is 0. The third-order valence-electron chi connectivity index (χ3n) is 3.25.